The summed E-state index contributed by atoms with van der Waals surface area (Å²) in [6.45, 7) is 6.09. The molecule has 1 saturated heterocycles. The fourth-order valence-electron chi connectivity index (χ4n) is 2.37. The predicted molar refractivity (Wildman–Crippen MR) is 69.7 cm³/mol. The lowest BCUT2D eigenvalue weighted by molar-refractivity contribution is -0.154. The number of imide groups is 1. The Hall–Kier alpha value is -1.92. The molecule has 2 unspecified atom stereocenters. The molecule has 20 heavy (non-hydrogen) atoms. The third-order valence-corrected chi connectivity index (χ3v) is 3.36. The number of nitrogens with one attached hydrogen (secondary N) is 1. The number of hydrogen-bond donors (Lipinski definition) is 1. The van der Waals surface area contributed by atoms with E-state index in [0.717, 1.165) is 4.90 Å². The number of esters is 1. The van der Waals surface area contributed by atoms with Gasteiger partial charge in [0.05, 0.1) is 19.1 Å². The number of carbonyl (C=O) groups is 4. The van der Waals surface area contributed by atoms with Crippen molar-refractivity contribution in [2.75, 3.05) is 13.2 Å². The van der Waals surface area contributed by atoms with Gasteiger partial charge in [0.25, 0.3) is 5.91 Å². The molecule has 0 aliphatic carbocycles. The van der Waals surface area contributed by atoms with Crippen molar-refractivity contribution >= 4 is 23.7 Å². The molecule has 1 N–H and O–H groups in total. The van der Waals surface area contributed by atoms with Gasteiger partial charge in [-0.3, -0.25) is 19.3 Å². The van der Waals surface area contributed by atoms with Crippen LogP contribution in [0.4, 0.5) is 4.79 Å². The topological polar surface area (TPSA) is 92.8 Å². The standard InChI is InChI=1S/C13H20N2O5/c1-5-9(10(17)20-6-2)13(4)11(18)15(7-8(3)16)12(19)14-13/h9H,5-7H2,1-4H3,(H,14,19). The summed E-state index contributed by atoms with van der Waals surface area (Å²) in [7, 11) is 0. The zero-order valence-corrected chi connectivity index (χ0v) is 12.2. The molecule has 0 bridgehead atoms. The number of Topliss-reactive ketones (excluding diaryl/α,β-unsaturated/α-hetero) is 1. The summed E-state index contributed by atoms with van der Waals surface area (Å²) >= 11 is 0. The summed E-state index contributed by atoms with van der Waals surface area (Å²) in [6, 6.07) is -0.657. The number of nitrogens with zero attached hydrogens (tertiary/aromatic N) is 1. The largest absolute Gasteiger partial charge is 0.466 e. The van der Waals surface area contributed by atoms with Gasteiger partial charge in [-0.25, -0.2) is 4.79 Å². The van der Waals surface area contributed by atoms with Crippen LogP contribution < -0.4 is 5.32 Å². The molecule has 3 amide bonds. The smallest absolute Gasteiger partial charge is 0.325 e. The van der Waals surface area contributed by atoms with Crippen LogP contribution in [-0.2, 0) is 19.1 Å². The molecule has 7 heteroatoms. The maximum absolute atomic E-state index is 12.4. The highest BCUT2D eigenvalue weighted by molar-refractivity contribution is 6.10. The zero-order chi connectivity index (χ0) is 15.5. The van der Waals surface area contributed by atoms with Crippen molar-refractivity contribution in [1.29, 1.82) is 0 Å². The molecule has 1 fully saturated rings. The quantitative estimate of drug-likeness (QED) is 0.565. The van der Waals surface area contributed by atoms with E-state index in [-0.39, 0.29) is 18.9 Å². The highest BCUT2D eigenvalue weighted by atomic mass is 16.5. The fourth-order valence-corrected chi connectivity index (χ4v) is 2.37. The van der Waals surface area contributed by atoms with E-state index in [4.69, 9.17) is 4.74 Å². The van der Waals surface area contributed by atoms with Crippen LogP contribution >= 0.6 is 0 Å². The van der Waals surface area contributed by atoms with Crippen LogP contribution in [0.25, 0.3) is 0 Å². The number of ketones is 1. The molecule has 0 aromatic heterocycles. The van der Waals surface area contributed by atoms with E-state index in [1.54, 1.807) is 13.8 Å². The van der Waals surface area contributed by atoms with Crippen molar-refractivity contribution in [2.45, 2.75) is 39.7 Å². The molecule has 2 atom stereocenters. The molecule has 112 valence electrons. The molecular weight excluding hydrogens is 264 g/mol. The Morgan fingerprint density at radius 1 is 1.35 bits per heavy atom. The lowest BCUT2D eigenvalue weighted by atomic mass is 9.83. The number of carbonyl (C=O) groups excluding carboxylic acids is 4. The lowest BCUT2D eigenvalue weighted by Crippen LogP contribution is -2.53. The van der Waals surface area contributed by atoms with Gasteiger partial charge in [0, 0.05) is 0 Å². The second-order valence-electron chi connectivity index (χ2n) is 4.94. The molecule has 7 nitrogen and oxygen atoms in total. The monoisotopic (exact) mass is 284 g/mol. The number of amides is 3. The van der Waals surface area contributed by atoms with E-state index in [1.165, 1.54) is 13.8 Å². The molecule has 1 aliphatic heterocycles. The summed E-state index contributed by atoms with van der Waals surface area (Å²) in [5.74, 6) is -2.19. The van der Waals surface area contributed by atoms with Crippen LogP contribution in [0.15, 0.2) is 0 Å². The van der Waals surface area contributed by atoms with Crippen LogP contribution in [0.5, 0.6) is 0 Å². The summed E-state index contributed by atoms with van der Waals surface area (Å²) in [5, 5.41) is 2.51. The molecule has 0 aromatic rings. The Balaban J connectivity index is 3.03. The summed E-state index contributed by atoms with van der Waals surface area (Å²) in [5.41, 5.74) is -1.37. The number of urea groups is 1. The predicted octanol–water partition coefficient (Wildman–Crippen LogP) is 0.475. The first-order valence-electron chi connectivity index (χ1n) is 6.58. The van der Waals surface area contributed by atoms with E-state index in [1.807, 2.05) is 0 Å². The Bertz CT molecular complexity index is 448. The Morgan fingerprint density at radius 2 is 1.95 bits per heavy atom. The minimum atomic E-state index is -1.37. The van der Waals surface area contributed by atoms with Gasteiger partial charge in [0.15, 0.2) is 0 Å². The zero-order valence-electron chi connectivity index (χ0n) is 12.2. The van der Waals surface area contributed by atoms with Crippen LogP contribution in [0, 0.1) is 5.92 Å². The number of rotatable bonds is 6. The highest BCUT2D eigenvalue weighted by Gasteiger charge is 2.54. The van der Waals surface area contributed by atoms with Crippen molar-refractivity contribution in [2.24, 2.45) is 5.92 Å². The van der Waals surface area contributed by atoms with Gasteiger partial charge in [-0.05, 0) is 27.2 Å². The van der Waals surface area contributed by atoms with Gasteiger partial charge < -0.3 is 10.1 Å². The normalized spacial score (nSPS) is 23.5. The van der Waals surface area contributed by atoms with E-state index in [2.05, 4.69) is 5.32 Å². The lowest BCUT2D eigenvalue weighted by Gasteiger charge is -2.29. The van der Waals surface area contributed by atoms with Gasteiger partial charge in [-0.2, -0.15) is 0 Å². The maximum atomic E-state index is 12.4. The van der Waals surface area contributed by atoms with Crippen molar-refractivity contribution in [3.8, 4) is 0 Å². The first-order chi connectivity index (χ1) is 9.27. The van der Waals surface area contributed by atoms with Crippen molar-refractivity contribution < 1.29 is 23.9 Å². The van der Waals surface area contributed by atoms with Crippen molar-refractivity contribution in [3.05, 3.63) is 0 Å². The molecule has 0 aromatic carbocycles. The van der Waals surface area contributed by atoms with Crippen molar-refractivity contribution in [1.82, 2.24) is 10.2 Å². The Kier molecular flexibility index (Phi) is 4.86. The SMILES string of the molecule is CCOC(=O)C(CC)C1(C)NC(=O)N(CC(C)=O)C1=O. The number of hydrogen-bond acceptors (Lipinski definition) is 5. The maximum Gasteiger partial charge on any atom is 0.325 e. The molecule has 0 radical (unpaired) electrons. The highest BCUT2D eigenvalue weighted by Crippen LogP contribution is 2.29. The second-order valence-corrected chi connectivity index (χ2v) is 4.94. The van der Waals surface area contributed by atoms with E-state index in [9.17, 15) is 19.2 Å². The van der Waals surface area contributed by atoms with Crippen LogP contribution in [0.2, 0.25) is 0 Å². The van der Waals surface area contributed by atoms with Crippen LogP contribution in [0.3, 0.4) is 0 Å². The average molecular weight is 284 g/mol. The van der Waals surface area contributed by atoms with Gasteiger partial charge in [-0.1, -0.05) is 6.92 Å². The fraction of sp³-hybridized carbons (Fsp3) is 0.692. The minimum Gasteiger partial charge on any atom is -0.466 e. The average Bonchev–Trinajstić information content (AvgIpc) is 2.54. The van der Waals surface area contributed by atoms with Crippen LogP contribution in [-0.4, -0.2) is 47.3 Å². The molecule has 1 rings (SSSR count). The first-order valence-corrected chi connectivity index (χ1v) is 6.58. The first kappa shape index (κ1) is 16.1. The molecular formula is C13H20N2O5. The molecule has 1 aliphatic rings. The van der Waals surface area contributed by atoms with Gasteiger partial charge in [-0.15, -0.1) is 0 Å². The number of ether oxygens (including phenoxy) is 1. The third-order valence-electron chi connectivity index (χ3n) is 3.36. The molecule has 1 heterocycles. The summed E-state index contributed by atoms with van der Waals surface area (Å²) in [4.78, 5) is 48.1. The van der Waals surface area contributed by atoms with E-state index >= 15 is 0 Å². The molecule has 0 spiro atoms. The second kappa shape index (κ2) is 6.02. The summed E-state index contributed by atoms with van der Waals surface area (Å²) in [6.07, 6.45) is 0.343. The van der Waals surface area contributed by atoms with Gasteiger partial charge >= 0.3 is 12.0 Å². The van der Waals surface area contributed by atoms with E-state index < -0.39 is 29.4 Å². The van der Waals surface area contributed by atoms with Crippen molar-refractivity contribution in [3.63, 3.8) is 0 Å². The third kappa shape index (κ3) is 2.81. The molecule has 0 saturated carbocycles. The Morgan fingerprint density at radius 3 is 2.40 bits per heavy atom. The Labute approximate surface area is 117 Å². The van der Waals surface area contributed by atoms with Gasteiger partial charge in [0.1, 0.15) is 11.3 Å². The van der Waals surface area contributed by atoms with Gasteiger partial charge in [0.2, 0.25) is 0 Å². The van der Waals surface area contributed by atoms with E-state index in [0.29, 0.717) is 6.42 Å². The van der Waals surface area contributed by atoms with Crippen LogP contribution in [0.1, 0.15) is 34.1 Å². The minimum absolute atomic E-state index is 0.199. The summed E-state index contributed by atoms with van der Waals surface area (Å²) < 4.78 is 4.94.